The van der Waals surface area contributed by atoms with Crippen molar-refractivity contribution < 1.29 is 9.72 Å². The molecule has 10 heteroatoms. The van der Waals surface area contributed by atoms with Gasteiger partial charge in [-0.1, -0.05) is 27.2 Å². The van der Waals surface area contributed by atoms with Gasteiger partial charge in [0.25, 0.3) is 17.2 Å². The average Bonchev–Trinajstić information content (AvgIpc) is 2.69. The van der Waals surface area contributed by atoms with Gasteiger partial charge in [-0.25, -0.2) is 4.79 Å². The van der Waals surface area contributed by atoms with Gasteiger partial charge in [-0.2, -0.15) is 0 Å². The van der Waals surface area contributed by atoms with Gasteiger partial charge >= 0.3 is 5.69 Å². The summed E-state index contributed by atoms with van der Waals surface area (Å²) in [5.74, 6) is -0.352. The number of unbranched alkanes of at least 4 members (excludes halogenated alkanes) is 1. The lowest BCUT2D eigenvalue weighted by atomic mass is 10.1. The van der Waals surface area contributed by atoms with Crippen molar-refractivity contribution in [3.8, 4) is 0 Å². The van der Waals surface area contributed by atoms with E-state index in [9.17, 15) is 24.5 Å². The van der Waals surface area contributed by atoms with Crippen LogP contribution < -0.4 is 21.9 Å². The van der Waals surface area contributed by atoms with Crippen LogP contribution in [-0.2, 0) is 6.54 Å². The molecule has 0 atom stereocenters. The topological polar surface area (TPSA) is 144 Å². The van der Waals surface area contributed by atoms with Gasteiger partial charge in [0.2, 0.25) is 0 Å². The van der Waals surface area contributed by atoms with Crippen LogP contribution in [0.1, 0.15) is 56.0 Å². The maximum atomic E-state index is 13.4. The van der Waals surface area contributed by atoms with E-state index in [1.54, 1.807) is 6.92 Å². The highest BCUT2D eigenvalue weighted by Crippen LogP contribution is 2.24. The number of nitrogens with one attached hydrogen (secondary N) is 1. The molecule has 0 bridgehead atoms. The van der Waals surface area contributed by atoms with Gasteiger partial charge in [-0.05, 0) is 37.8 Å². The Morgan fingerprint density at radius 2 is 2.00 bits per heavy atom. The number of amides is 1. The number of aromatic amines is 1. The van der Waals surface area contributed by atoms with Gasteiger partial charge in [0, 0.05) is 30.3 Å². The highest BCUT2D eigenvalue weighted by Gasteiger charge is 2.26. The van der Waals surface area contributed by atoms with Crippen LogP contribution in [0.4, 0.5) is 17.2 Å². The maximum Gasteiger partial charge on any atom is 0.330 e. The number of nitrogen functional groups attached to an aromatic ring is 1. The summed E-state index contributed by atoms with van der Waals surface area (Å²) in [7, 11) is 0. The molecule has 10 nitrogen and oxygen atoms in total. The minimum absolute atomic E-state index is 0.0714. The third-order valence-corrected chi connectivity index (χ3v) is 5.03. The number of aromatic nitrogens is 2. The van der Waals surface area contributed by atoms with Crippen LogP contribution in [0.25, 0.3) is 0 Å². The van der Waals surface area contributed by atoms with Gasteiger partial charge < -0.3 is 10.6 Å². The molecule has 1 amide bonds. The Balaban J connectivity index is 2.61. The first-order valence-corrected chi connectivity index (χ1v) is 10.3. The highest BCUT2D eigenvalue weighted by atomic mass is 16.6. The average molecular weight is 431 g/mol. The summed E-state index contributed by atoms with van der Waals surface area (Å²) in [6, 6.07) is 4.03. The molecular formula is C21H29N5O5. The lowest BCUT2D eigenvalue weighted by molar-refractivity contribution is -0.385. The second-order valence-corrected chi connectivity index (χ2v) is 7.90. The normalized spacial score (nSPS) is 11.0. The number of H-pyrrole nitrogens is 1. The summed E-state index contributed by atoms with van der Waals surface area (Å²) in [6.45, 7) is 7.98. The van der Waals surface area contributed by atoms with E-state index in [2.05, 4.69) is 4.98 Å². The smallest absolute Gasteiger partial charge is 0.330 e. The van der Waals surface area contributed by atoms with Crippen LogP contribution >= 0.6 is 0 Å². The summed E-state index contributed by atoms with van der Waals surface area (Å²) in [6.07, 6.45) is 2.08. The van der Waals surface area contributed by atoms with E-state index in [0.29, 0.717) is 24.9 Å². The largest absolute Gasteiger partial charge is 0.383 e. The van der Waals surface area contributed by atoms with Crippen LogP contribution in [0.5, 0.6) is 0 Å². The highest BCUT2D eigenvalue weighted by molar-refractivity contribution is 6.07. The number of nitrogens with zero attached hydrogens (tertiary/aromatic N) is 3. The van der Waals surface area contributed by atoms with Crippen LogP contribution in [0, 0.1) is 23.0 Å². The molecule has 2 rings (SSSR count). The molecule has 1 heterocycles. The molecule has 0 spiro atoms. The fourth-order valence-corrected chi connectivity index (χ4v) is 3.23. The molecule has 0 radical (unpaired) electrons. The molecule has 0 saturated heterocycles. The van der Waals surface area contributed by atoms with Crippen molar-refractivity contribution in [3.05, 3.63) is 60.3 Å². The molecule has 2 aromatic rings. The number of nitro groups is 1. The third kappa shape index (κ3) is 5.39. The van der Waals surface area contributed by atoms with E-state index in [1.165, 1.54) is 27.7 Å². The summed E-state index contributed by atoms with van der Waals surface area (Å²) in [5.41, 5.74) is 5.17. The lowest BCUT2D eigenvalue weighted by Crippen LogP contribution is -2.42. The van der Waals surface area contributed by atoms with Crippen molar-refractivity contribution in [2.75, 3.05) is 17.2 Å². The van der Waals surface area contributed by atoms with Gasteiger partial charge in [0.15, 0.2) is 5.69 Å². The molecule has 0 unspecified atom stereocenters. The SMILES string of the molecule is CCCCn1c(N)c(N(CCC(C)C)C(=O)c2ccc([N+](=O)[O-])c(C)c2)c(=O)[nH]c1=O. The fourth-order valence-electron chi connectivity index (χ4n) is 3.23. The summed E-state index contributed by atoms with van der Waals surface area (Å²) in [4.78, 5) is 52.4. The third-order valence-electron chi connectivity index (χ3n) is 5.03. The Hall–Kier alpha value is -3.43. The molecule has 0 aliphatic carbocycles. The van der Waals surface area contributed by atoms with Crippen LogP contribution in [0.3, 0.4) is 0 Å². The van der Waals surface area contributed by atoms with Crippen molar-refractivity contribution in [2.24, 2.45) is 5.92 Å². The van der Waals surface area contributed by atoms with Crippen molar-refractivity contribution in [3.63, 3.8) is 0 Å². The summed E-state index contributed by atoms with van der Waals surface area (Å²) in [5, 5.41) is 11.1. The number of rotatable bonds is 9. The fraction of sp³-hybridized carbons (Fsp3) is 0.476. The molecule has 1 aromatic heterocycles. The zero-order valence-corrected chi connectivity index (χ0v) is 18.3. The molecule has 0 saturated carbocycles. The minimum atomic E-state index is -0.744. The Bertz CT molecular complexity index is 1090. The second kappa shape index (κ2) is 10.1. The van der Waals surface area contributed by atoms with E-state index >= 15 is 0 Å². The lowest BCUT2D eigenvalue weighted by Gasteiger charge is -2.25. The Morgan fingerprint density at radius 3 is 2.55 bits per heavy atom. The molecular weight excluding hydrogens is 402 g/mol. The molecule has 1 aromatic carbocycles. The first-order valence-electron chi connectivity index (χ1n) is 10.3. The number of carbonyl (C=O) groups excluding carboxylic acids is 1. The van der Waals surface area contributed by atoms with Crippen LogP contribution in [-0.4, -0.2) is 26.9 Å². The first-order chi connectivity index (χ1) is 14.6. The monoisotopic (exact) mass is 431 g/mol. The van der Waals surface area contributed by atoms with E-state index < -0.39 is 22.1 Å². The number of nitro benzene ring substituents is 1. The minimum Gasteiger partial charge on any atom is -0.383 e. The standard InChI is InChI=1S/C21H29N5O5/c1-5-6-10-25-18(22)17(19(27)23-21(25)29)24(11-9-13(2)3)20(28)15-7-8-16(26(30)31)14(4)12-15/h7-8,12-13H,5-6,9-11,22H2,1-4H3,(H,23,27,29). The van der Waals surface area contributed by atoms with E-state index in [0.717, 1.165) is 6.42 Å². The van der Waals surface area contributed by atoms with Gasteiger partial charge in [0.1, 0.15) is 5.82 Å². The van der Waals surface area contributed by atoms with Crippen molar-refractivity contribution in [2.45, 2.75) is 53.5 Å². The number of nitrogens with two attached hydrogens (primary N) is 1. The first kappa shape index (κ1) is 23.8. The quantitative estimate of drug-likeness (QED) is 0.461. The summed E-state index contributed by atoms with van der Waals surface area (Å²) >= 11 is 0. The number of anilines is 2. The number of benzene rings is 1. The second-order valence-electron chi connectivity index (χ2n) is 7.90. The van der Waals surface area contributed by atoms with Crippen molar-refractivity contribution >= 4 is 23.1 Å². The molecule has 168 valence electrons. The van der Waals surface area contributed by atoms with Crippen LogP contribution in [0.15, 0.2) is 27.8 Å². The zero-order valence-electron chi connectivity index (χ0n) is 18.3. The zero-order chi connectivity index (χ0) is 23.3. The Morgan fingerprint density at radius 1 is 1.32 bits per heavy atom. The van der Waals surface area contributed by atoms with Gasteiger partial charge in [0.05, 0.1) is 4.92 Å². The van der Waals surface area contributed by atoms with Crippen LogP contribution in [0.2, 0.25) is 0 Å². The predicted molar refractivity (Wildman–Crippen MR) is 120 cm³/mol. The number of hydrogen-bond acceptors (Lipinski definition) is 6. The number of carbonyl (C=O) groups is 1. The van der Waals surface area contributed by atoms with Crippen molar-refractivity contribution in [1.29, 1.82) is 0 Å². The van der Waals surface area contributed by atoms with Crippen molar-refractivity contribution in [1.82, 2.24) is 9.55 Å². The van der Waals surface area contributed by atoms with E-state index in [4.69, 9.17) is 5.73 Å². The molecule has 3 N–H and O–H groups in total. The molecule has 0 aliphatic rings. The Labute approximate surface area is 179 Å². The number of hydrogen-bond donors (Lipinski definition) is 2. The Kier molecular flexibility index (Phi) is 7.73. The van der Waals surface area contributed by atoms with Gasteiger partial charge in [-0.15, -0.1) is 0 Å². The molecule has 31 heavy (non-hydrogen) atoms. The molecule has 0 aliphatic heterocycles. The number of aryl methyl sites for hydroxylation is 1. The predicted octanol–water partition coefficient (Wildman–Crippen LogP) is 2.83. The maximum absolute atomic E-state index is 13.4. The van der Waals surface area contributed by atoms with E-state index in [1.807, 2.05) is 20.8 Å². The molecule has 0 fully saturated rings. The van der Waals surface area contributed by atoms with Gasteiger partial charge in [-0.3, -0.25) is 29.3 Å². The van der Waals surface area contributed by atoms with E-state index in [-0.39, 0.29) is 35.2 Å². The summed E-state index contributed by atoms with van der Waals surface area (Å²) < 4.78 is 1.26.